The Morgan fingerprint density at radius 1 is 0.941 bits per heavy atom. The smallest absolute Gasteiger partial charge is 0.414 e. The lowest BCUT2D eigenvalue weighted by Gasteiger charge is -2.35. The molecule has 3 aromatic carbocycles. The van der Waals surface area contributed by atoms with Gasteiger partial charge >= 0.3 is 6.09 Å². The second kappa shape index (κ2) is 11.2. The molecule has 5 nitrogen and oxygen atoms in total. The van der Waals surface area contributed by atoms with Crippen molar-refractivity contribution in [1.29, 1.82) is 0 Å². The van der Waals surface area contributed by atoms with Gasteiger partial charge in [-0.15, -0.1) is 0 Å². The van der Waals surface area contributed by atoms with Gasteiger partial charge in [0, 0.05) is 12.1 Å². The molecule has 1 amide bonds. The molecule has 0 aliphatic carbocycles. The minimum atomic E-state index is -0.396. The lowest BCUT2D eigenvalue weighted by molar-refractivity contribution is 0.178. The molecule has 4 rings (SSSR count). The third-order valence-electron chi connectivity index (χ3n) is 6.45. The van der Waals surface area contributed by atoms with Crippen LogP contribution >= 0.6 is 0 Å². The Balaban J connectivity index is 1.56. The fourth-order valence-electron chi connectivity index (χ4n) is 4.71. The van der Waals surface area contributed by atoms with Gasteiger partial charge in [0.15, 0.2) is 0 Å². The topological polar surface area (TPSA) is 42.0 Å². The average Bonchev–Trinajstić information content (AvgIpc) is 2.89. The number of likely N-dealkylation sites (tertiary alicyclic amines) is 1. The summed E-state index contributed by atoms with van der Waals surface area (Å²) in [7, 11) is 3.08. The highest BCUT2D eigenvalue weighted by molar-refractivity contribution is 5.89. The van der Waals surface area contributed by atoms with E-state index in [1.54, 1.807) is 12.0 Å². The summed E-state index contributed by atoms with van der Waals surface area (Å²) in [5, 5.41) is 0. The summed E-state index contributed by atoms with van der Waals surface area (Å²) < 4.78 is 24.2. The van der Waals surface area contributed by atoms with E-state index in [0.29, 0.717) is 6.54 Å². The van der Waals surface area contributed by atoms with Crippen LogP contribution in [0.3, 0.4) is 0 Å². The van der Waals surface area contributed by atoms with Gasteiger partial charge in [-0.3, -0.25) is 9.80 Å². The summed E-state index contributed by atoms with van der Waals surface area (Å²) in [6, 6.07) is 22.5. The third-order valence-corrected chi connectivity index (χ3v) is 6.45. The van der Waals surface area contributed by atoms with Crippen molar-refractivity contribution in [2.75, 3.05) is 32.2 Å². The number of benzene rings is 3. The number of nitrogens with zero attached hydrogens (tertiary/aromatic N) is 2. The van der Waals surface area contributed by atoms with Crippen LogP contribution in [0.25, 0.3) is 0 Å². The van der Waals surface area contributed by atoms with E-state index in [2.05, 4.69) is 4.90 Å². The van der Waals surface area contributed by atoms with Crippen molar-refractivity contribution in [2.45, 2.75) is 31.8 Å². The van der Waals surface area contributed by atoms with Crippen LogP contribution in [0.1, 0.15) is 35.4 Å². The molecule has 6 heteroatoms. The molecule has 0 unspecified atom stereocenters. The Hall–Kier alpha value is -3.38. The van der Waals surface area contributed by atoms with Gasteiger partial charge in [-0.25, -0.2) is 9.18 Å². The fraction of sp³-hybridized carbons (Fsp3) is 0.321. The molecule has 3 aromatic rings. The van der Waals surface area contributed by atoms with Gasteiger partial charge in [-0.2, -0.15) is 0 Å². The summed E-state index contributed by atoms with van der Waals surface area (Å²) in [4.78, 5) is 16.9. The number of ether oxygens (including phenoxy) is 2. The summed E-state index contributed by atoms with van der Waals surface area (Å²) in [6.45, 7) is 3.04. The van der Waals surface area contributed by atoms with Crippen LogP contribution in [0.2, 0.25) is 0 Å². The number of methoxy groups -OCH3 is 2. The van der Waals surface area contributed by atoms with Crippen molar-refractivity contribution < 1.29 is 18.7 Å². The van der Waals surface area contributed by atoms with Gasteiger partial charge < -0.3 is 9.47 Å². The van der Waals surface area contributed by atoms with Crippen LogP contribution in [-0.4, -0.2) is 38.3 Å². The van der Waals surface area contributed by atoms with Crippen molar-refractivity contribution in [2.24, 2.45) is 0 Å². The second-order valence-electron chi connectivity index (χ2n) is 8.61. The maximum absolute atomic E-state index is 13.2. The predicted molar refractivity (Wildman–Crippen MR) is 132 cm³/mol. The summed E-state index contributed by atoms with van der Waals surface area (Å²) in [6.07, 6.45) is 1.48. The van der Waals surface area contributed by atoms with E-state index in [9.17, 15) is 9.18 Å². The zero-order valence-electron chi connectivity index (χ0n) is 19.7. The van der Waals surface area contributed by atoms with Crippen LogP contribution in [0, 0.1) is 5.82 Å². The molecule has 34 heavy (non-hydrogen) atoms. The molecule has 0 aromatic heterocycles. The Morgan fingerprint density at radius 3 is 2.29 bits per heavy atom. The van der Waals surface area contributed by atoms with Gasteiger partial charge in [0.2, 0.25) is 0 Å². The number of amides is 1. The first kappa shape index (κ1) is 23.8. The molecule has 1 fully saturated rings. The SMILES string of the molecule is COC(=O)N(Cc1ccccc1)c1cccc(OC)c1C1CCN(Cc2ccc(F)cc2)CC1. The van der Waals surface area contributed by atoms with Gasteiger partial charge in [0.05, 0.1) is 26.5 Å². The molecule has 1 aliphatic rings. The molecule has 1 aliphatic heterocycles. The Labute approximate surface area is 200 Å². The van der Waals surface area contributed by atoms with Crippen molar-refractivity contribution in [3.05, 3.63) is 95.3 Å². The molecule has 1 heterocycles. The minimum Gasteiger partial charge on any atom is -0.496 e. The van der Waals surface area contributed by atoms with E-state index in [-0.39, 0.29) is 11.7 Å². The lowest BCUT2D eigenvalue weighted by Crippen LogP contribution is -2.35. The van der Waals surface area contributed by atoms with Crippen molar-refractivity contribution in [3.63, 3.8) is 0 Å². The third kappa shape index (κ3) is 5.57. The highest BCUT2D eigenvalue weighted by Gasteiger charge is 2.29. The molecular weight excluding hydrogens is 431 g/mol. The van der Waals surface area contributed by atoms with Crippen molar-refractivity contribution in [3.8, 4) is 5.75 Å². The number of hydrogen-bond acceptors (Lipinski definition) is 4. The quantitative estimate of drug-likeness (QED) is 0.433. The predicted octanol–water partition coefficient (Wildman–Crippen LogP) is 5.99. The number of halogens is 1. The molecule has 0 spiro atoms. The molecule has 0 N–H and O–H groups in total. The molecule has 0 saturated carbocycles. The van der Waals surface area contributed by atoms with Crippen LogP contribution < -0.4 is 9.64 Å². The monoisotopic (exact) mass is 462 g/mol. The highest BCUT2D eigenvalue weighted by atomic mass is 19.1. The average molecular weight is 463 g/mol. The Bertz CT molecular complexity index is 1080. The van der Waals surface area contributed by atoms with E-state index >= 15 is 0 Å². The van der Waals surface area contributed by atoms with Gasteiger partial charge in [-0.05, 0) is 67.2 Å². The van der Waals surface area contributed by atoms with Crippen LogP contribution in [0.4, 0.5) is 14.9 Å². The van der Waals surface area contributed by atoms with Crippen LogP contribution in [-0.2, 0) is 17.8 Å². The van der Waals surface area contributed by atoms with E-state index in [1.807, 2.05) is 60.7 Å². The first-order chi connectivity index (χ1) is 16.6. The van der Waals surface area contributed by atoms with E-state index in [4.69, 9.17) is 9.47 Å². The Morgan fingerprint density at radius 2 is 1.65 bits per heavy atom. The number of piperidine rings is 1. The molecule has 1 saturated heterocycles. The summed E-state index contributed by atoms with van der Waals surface area (Å²) >= 11 is 0. The lowest BCUT2D eigenvalue weighted by atomic mass is 9.87. The van der Waals surface area contributed by atoms with Gasteiger partial charge in [0.1, 0.15) is 11.6 Å². The minimum absolute atomic E-state index is 0.211. The maximum Gasteiger partial charge on any atom is 0.414 e. The molecule has 0 atom stereocenters. The van der Waals surface area contributed by atoms with Crippen LogP contribution in [0.5, 0.6) is 5.75 Å². The number of hydrogen-bond donors (Lipinski definition) is 0. The van der Waals surface area contributed by atoms with Gasteiger partial charge in [0.25, 0.3) is 0 Å². The van der Waals surface area contributed by atoms with Crippen molar-refractivity contribution >= 4 is 11.8 Å². The zero-order chi connectivity index (χ0) is 23.9. The summed E-state index contributed by atoms with van der Waals surface area (Å²) in [5.41, 5.74) is 4.01. The first-order valence-electron chi connectivity index (χ1n) is 11.6. The van der Waals surface area contributed by atoms with E-state index in [1.165, 1.54) is 19.2 Å². The first-order valence-corrected chi connectivity index (χ1v) is 11.6. The Kier molecular flexibility index (Phi) is 7.80. The van der Waals surface area contributed by atoms with Gasteiger partial charge in [-0.1, -0.05) is 48.5 Å². The number of carbonyl (C=O) groups excluding carboxylic acids is 1. The second-order valence-corrected chi connectivity index (χ2v) is 8.61. The van der Waals surface area contributed by atoms with Crippen LogP contribution in [0.15, 0.2) is 72.8 Å². The zero-order valence-corrected chi connectivity index (χ0v) is 19.7. The molecule has 0 radical (unpaired) electrons. The summed E-state index contributed by atoms with van der Waals surface area (Å²) in [5.74, 6) is 0.826. The number of carbonyl (C=O) groups is 1. The molecular formula is C28H31FN2O3. The van der Waals surface area contributed by atoms with E-state index < -0.39 is 6.09 Å². The highest BCUT2D eigenvalue weighted by Crippen LogP contribution is 2.41. The maximum atomic E-state index is 13.2. The molecule has 178 valence electrons. The molecule has 0 bridgehead atoms. The van der Waals surface area contributed by atoms with Crippen molar-refractivity contribution in [1.82, 2.24) is 4.90 Å². The fourth-order valence-corrected chi connectivity index (χ4v) is 4.71. The number of anilines is 1. The normalized spacial score (nSPS) is 14.6. The van der Waals surface area contributed by atoms with E-state index in [0.717, 1.165) is 60.6 Å². The number of rotatable bonds is 7. The largest absolute Gasteiger partial charge is 0.496 e. The standard InChI is InChI=1S/C28H31FN2O3/c1-33-26-10-6-9-25(31(28(32)34-2)20-21-7-4-3-5-8-21)27(26)23-15-17-30(18-16-23)19-22-11-13-24(29)14-12-22/h3-14,23H,15-20H2,1-2H3.